The SMILES string of the molecule is CC(C)NC(=O)c1[nH]c(CF)cc(=O)c1OCc1ccccc1. The summed E-state index contributed by atoms with van der Waals surface area (Å²) in [6.07, 6.45) is 0. The molecule has 1 amide bonds. The number of nitrogens with one attached hydrogen (secondary N) is 2. The largest absolute Gasteiger partial charge is 0.483 e. The van der Waals surface area contributed by atoms with Crippen molar-refractivity contribution in [1.29, 1.82) is 0 Å². The summed E-state index contributed by atoms with van der Waals surface area (Å²) >= 11 is 0. The van der Waals surface area contributed by atoms with Crippen LogP contribution in [0.15, 0.2) is 41.2 Å². The van der Waals surface area contributed by atoms with Gasteiger partial charge in [0, 0.05) is 12.1 Å². The van der Waals surface area contributed by atoms with E-state index < -0.39 is 18.0 Å². The fraction of sp³-hybridized carbons (Fsp3) is 0.294. The van der Waals surface area contributed by atoms with Crippen molar-refractivity contribution in [2.75, 3.05) is 0 Å². The summed E-state index contributed by atoms with van der Waals surface area (Å²) in [4.78, 5) is 27.0. The fourth-order valence-electron chi connectivity index (χ4n) is 2.04. The number of amides is 1. The predicted molar refractivity (Wildman–Crippen MR) is 85.3 cm³/mol. The molecule has 2 N–H and O–H groups in total. The second kappa shape index (κ2) is 7.58. The van der Waals surface area contributed by atoms with Crippen molar-refractivity contribution in [1.82, 2.24) is 10.3 Å². The second-order valence-corrected chi connectivity index (χ2v) is 5.40. The maximum absolute atomic E-state index is 12.9. The van der Waals surface area contributed by atoms with Crippen LogP contribution in [-0.2, 0) is 13.3 Å². The molecule has 122 valence electrons. The van der Waals surface area contributed by atoms with Gasteiger partial charge in [-0.2, -0.15) is 0 Å². The third-order valence-corrected chi connectivity index (χ3v) is 3.06. The highest BCUT2D eigenvalue weighted by molar-refractivity contribution is 5.95. The zero-order valence-corrected chi connectivity index (χ0v) is 13.1. The van der Waals surface area contributed by atoms with E-state index in [9.17, 15) is 14.0 Å². The van der Waals surface area contributed by atoms with Gasteiger partial charge < -0.3 is 15.0 Å². The summed E-state index contributed by atoms with van der Waals surface area (Å²) in [5, 5.41) is 2.66. The monoisotopic (exact) mass is 318 g/mol. The minimum absolute atomic E-state index is 0.0379. The molecular formula is C17H19FN2O3. The van der Waals surface area contributed by atoms with E-state index in [2.05, 4.69) is 10.3 Å². The quantitative estimate of drug-likeness (QED) is 0.860. The number of carbonyl (C=O) groups is 1. The number of aromatic amines is 1. The lowest BCUT2D eigenvalue weighted by Gasteiger charge is -2.14. The lowest BCUT2D eigenvalue weighted by molar-refractivity contribution is 0.0932. The molecule has 5 nitrogen and oxygen atoms in total. The third-order valence-electron chi connectivity index (χ3n) is 3.06. The number of benzene rings is 1. The molecule has 6 heteroatoms. The van der Waals surface area contributed by atoms with Gasteiger partial charge in [-0.25, -0.2) is 4.39 Å². The number of hydrogen-bond donors (Lipinski definition) is 2. The maximum atomic E-state index is 12.9. The number of halogens is 1. The standard InChI is InChI=1S/C17H19FN2O3/c1-11(2)19-17(22)15-16(14(21)8-13(9-18)20-15)23-10-12-6-4-3-5-7-12/h3-8,11H,9-10H2,1-2H3,(H,19,22)(H,20,21). The molecule has 1 heterocycles. The van der Waals surface area contributed by atoms with Crippen LogP contribution in [0.2, 0.25) is 0 Å². The van der Waals surface area contributed by atoms with Crippen LogP contribution in [0.5, 0.6) is 5.75 Å². The topological polar surface area (TPSA) is 71.2 Å². The van der Waals surface area contributed by atoms with Gasteiger partial charge in [0.15, 0.2) is 11.4 Å². The Morgan fingerprint density at radius 3 is 2.61 bits per heavy atom. The number of ether oxygens (including phenoxy) is 1. The molecule has 0 atom stereocenters. The van der Waals surface area contributed by atoms with Crippen LogP contribution in [0.25, 0.3) is 0 Å². The van der Waals surface area contributed by atoms with E-state index >= 15 is 0 Å². The van der Waals surface area contributed by atoms with E-state index in [1.54, 1.807) is 13.8 Å². The van der Waals surface area contributed by atoms with Gasteiger partial charge in [0.25, 0.3) is 5.91 Å². The molecule has 0 spiro atoms. The molecule has 1 aromatic carbocycles. The predicted octanol–water partition coefficient (Wildman–Crippen LogP) is 2.56. The van der Waals surface area contributed by atoms with Crippen LogP contribution in [0.1, 0.15) is 35.6 Å². The lowest BCUT2D eigenvalue weighted by atomic mass is 10.2. The van der Waals surface area contributed by atoms with Gasteiger partial charge >= 0.3 is 0 Å². The van der Waals surface area contributed by atoms with Gasteiger partial charge in [0.05, 0.1) is 5.69 Å². The minimum Gasteiger partial charge on any atom is -0.483 e. The van der Waals surface area contributed by atoms with Crippen molar-refractivity contribution in [2.45, 2.75) is 33.2 Å². The summed E-state index contributed by atoms with van der Waals surface area (Å²) in [5.74, 6) is -0.611. The first-order chi connectivity index (χ1) is 11.0. The zero-order valence-electron chi connectivity index (χ0n) is 13.1. The van der Waals surface area contributed by atoms with Gasteiger partial charge in [-0.3, -0.25) is 9.59 Å². The van der Waals surface area contributed by atoms with Crippen LogP contribution in [0, 0.1) is 0 Å². The van der Waals surface area contributed by atoms with Gasteiger partial charge in [0.2, 0.25) is 5.43 Å². The highest BCUT2D eigenvalue weighted by Gasteiger charge is 2.19. The molecule has 0 saturated carbocycles. The summed E-state index contributed by atoms with van der Waals surface area (Å²) in [6, 6.07) is 10.2. The van der Waals surface area contributed by atoms with Crippen LogP contribution in [-0.4, -0.2) is 16.9 Å². The Kier molecular flexibility index (Phi) is 5.51. The highest BCUT2D eigenvalue weighted by atomic mass is 19.1. The highest BCUT2D eigenvalue weighted by Crippen LogP contribution is 2.15. The molecule has 0 fully saturated rings. The lowest BCUT2D eigenvalue weighted by Crippen LogP contribution is -2.32. The van der Waals surface area contributed by atoms with Gasteiger partial charge in [-0.15, -0.1) is 0 Å². The van der Waals surface area contributed by atoms with Crippen molar-refractivity contribution in [3.8, 4) is 5.75 Å². The smallest absolute Gasteiger partial charge is 0.271 e. The molecule has 0 aliphatic heterocycles. The van der Waals surface area contributed by atoms with Crippen LogP contribution >= 0.6 is 0 Å². The summed E-state index contributed by atoms with van der Waals surface area (Å²) in [7, 11) is 0. The Morgan fingerprint density at radius 1 is 1.30 bits per heavy atom. The van der Waals surface area contributed by atoms with Crippen molar-refractivity contribution in [3.63, 3.8) is 0 Å². The van der Waals surface area contributed by atoms with Gasteiger partial charge in [-0.05, 0) is 19.4 Å². The second-order valence-electron chi connectivity index (χ2n) is 5.40. The molecule has 2 aromatic rings. The summed E-state index contributed by atoms with van der Waals surface area (Å²) in [5.41, 5.74) is 0.309. The molecule has 0 aliphatic rings. The number of pyridine rings is 1. The molecule has 1 aromatic heterocycles. The number of rotatable bonds is 6. The van der Waals surface area contributed by atoms with E-state index in [4.69, 9.17) is 4.74 Å². The van der Waals surface area contributed by atoms with Crippen molar-refractivity contribution >= 4 is 5.91 Å². The zero-order chi connectivity index (χ0) is 16.8. The van der Waals surface area contributed by atoms with Crippen molar-refractivity contribution < 1.29 is 13.9 Å². The average Bonchev–Trinajstić information content (AvgIpc) is 2.53. The van der Waals surface area contributed by atoms with Crippen molar-refractivity contribution in [2.24, 2.45) is 0 Å². The Morgan fingerprint density at radius 2 is 2.00 bits per heavy atom. The molecule has 0 bridgehead atoms. The van der Waals surface area contributed by atoms with Gasteiger partial charge in [-0.1, -0.05) is 30.3 Å². The number of carbonyl (C=O) groups excluding carboxylic acids is 1. The van der Waals surface area contributed by atoms with E-state index in [1.807, 2.05) is 30.3 Å². The summed E-state index contributed by atoms with van der Waals surface area (Å²) in [6.45, 7) is 2.86. The van der Waals surface area contributed by atoms with E-state index in [1.165, 1.54) is 0 Å². The first-order valence-electron chi connectivity index (χ1n) is 7.31. The molecule has 0 radical (unpaired) electrons. The normalized spacial score (nSPS) is 10.6. The molecule has 0 aliphatic carbocycles. The first kappa shape index (κ1) is 16.7. The fourth-order valence-corrected chi connectivity index (χ4v) is 2.04. The van der Waals surface area contributed by atoms with E-state index in [0.29, 0.717) is 0 Å². The van der Waals surface area contributed by atoms with Crippen LogP contribution in [0.3, 0.4) is 0 Å². The Hall–Kier alpha value is -2.63. The number of aromatic nitrogens is 1. The number of H-pyrrole nitrogens is 1. The van der Waals surface area contributed by atoms with E-state index in [-0.39, 0.29) is 29.8 Å². The van der Waals surface area contributed by atoms with Crippen LogP contribution in [0.4, 0.5) is 4.39 Å². The Labute approximate surface area is 133 Å². The molecule has 23 heavy (non-hydrogen) atoms. The van der Waals surface area contributed by atoms with Gasteiger partial charge in [0.1, 0.15) is 13.3 Å². The number of alkyl halides is 1. The maximum Gasteiger partial charge on any atom is 0.271 e. The number of hydrogen-bond acceptors (Lipinski definition) is 3. The average molecular weight is 318 g/mol. The first-order valence-corrected chi connectivity index (χ1v) is 7.31. The van der Waals surface area contributed by atoms with Crippen LogP contribution < -0.4 is 15.5 Å². The molecule has 0 unspecified atom stereocenters. The Balaban J connectivity index is 2.32. The van der Waals surface area contributed by atoms with Crippen molar-refractivity contribution in [3.05, 3.63) is 63.6 Å². The molecule has 0 saturated heterocycles. The molecule has 2 rings (SSSR count). The molecular weight excluding hydrogens is 299 g/mol. The Bertz CT molecular complexity index is 726. The third kappa shape index (κ3) is 4.42. The minimum atomic E-state index is -0.865. The summed E-state index contributed by atoms with van der Waals surface area (Å²) < 4.78 is 18.4. The van der Waals surface area contributed by atoms with E-state index in [0.717, 1.165) is 11.6 Å².